The summed E-state index contributed by atoms with van der Waals surface area (Å²) in [4.78, 5) is 18.0. The largest absolute Gasteiger partial charge is 0.496 e. The number of nitrogens with zero attached hydrogens (tertiary/aromatic N) is 1. The van der Waals surface area contributed by atoms with Gasteiger partial charge < -0.3 is 4.74 Å². The molecule has 0 aliphatic carbocycles. The third-order valence-corrected chi connectivity index (χ3v) is 6.07. The van der Waals surface area contributed by atoms with Gasteiger partial charge in [-0.2, -0.15) is 0 Å². The van der Waals surface area contributed by atoms with E-state index in [0.29, 0.717) is 17.0 Å². The van der Waals surface area contributed by atoms with Crippen LogP contribution in [-0.4, -0.2) is 18.7 Å². The van der Waals surface area contributed by atoms with E-state index < -0.39 is 0 Å². The minimum absolute atomic E-state index is 0.241. The molecular formula is C22H20BrFN2O2S. The Morgan fingerprint density at radius 1 is 1.28 bits per heavy atom. The molecule has 0 spiro atoms. The number of nitrogens with one attached hydrogen (secondary N) is 1. The van der Waals surface area contributed by atoms with E-state index in [-0.39, 0.29) is 17.4 Å². The molecule has 0 atom stereocenters. The fourth-order valence-corrected chi connectivity index (χ4v) is 4.27. The second kappa shape index (κ2) is 8.97. The van der Waals surface area contributed by atoms with E-state index >= 15 is 0 Å². The van der Waals surface area contributed by atoms with Crippen molar-refractivity contribution in [2.24, 2.45) is 4.99 Å². The van der Waals surface area contributed by atoms with Gasteiger partial charge in [0.1, 0.15) is 17.3 Å². The summed E-state index contributed by atoms with van der Waals surface area (Å²) in [5, 5.41) is 0. The predicted molar refractivity (Wildman–Crippen MR) is 119 cm³/mol. The fourth-order valence-electron chi connectivity index (χ4n) is 2.96. The number of ether oxygens (including phenoxy) is 1. The Labute approximate surface area is 182 Å². The molecule has 7 heteroatoms. The minimum Gasteiger partial charge on any atom is -0.496 e. The lowest BCUT2D eigenvalue weighted by molar-refractivity contribution is -0.115. The van der Waals surface area contributed by atoms with Crippen LogP contribution in [0.5, 0.6) is 5.75 Å². The summed E-state index contributed by atoms with van der Waals surface area (Å²) < 4.78 is 23.4. The molecule has 0 radical (unpaired) electrons. The first-order valence-corrected chi connectivity index (χ1v) is 10.5. The second-order valence-electron chi connectivity index (χ2n) is 6.45. The molecular weight excluding hydrogens is 455 g/mol. The zero-order valence-corrected chi connectivity index (χ0v) is 18.9. The summed E-state index contributed by atoms with van der Waals surface area (Å²) in [5.41, 5.74) is 3.61. The standard InChI is InChI=1S/C22H20BrFN2O2S/c1-5-14-10-17(25-21(14)20-12(2)7-6-8-16(20)24)22(27)26-29-19-11-18(28-4)15(23)9-13(19)3/h5-11H,1-4H3,(H,26,27)/b14-5+. The molecule has 1 N–H and O–H groups in total. The van der Waals surface area contributed by atoms with Gasteiger partial charge in [0.25, 0.3) is 5.91 Å². The van der Waals surface area contributed by atoms with Gasteiger partial charge in [-0.15, -0.1) is 0 Å². The number of carbonyl (C=O) groups is 1. The lowest BCUT2D eigenvalue weighted by atomic mass is 9.98. The molecule has 3 rings (SSSR count). The van der Waals surface area contributed by atoms with Crippen molar-refractivity contribution in [1.82, 2.24) is 4.72 Å². The molecule has 2 aromatic rings. The maximum absolute atomic E-state index is 14.4. The topological polar surface area (TPSA) is 50.7 Å². The predicted octanol–water partition coefficient (Wildman–Crippen LogP) is 5.67. The van der Waals surface area contributed by atoms with E-state index in [9.17, 15) is 9.18 Å². The first-order valence-electron chi connectivity index (χ1n) is 8.89. The molecule has 1 heterocycles. The Hall–Kier alpha value is -2.38. The van der Waals surface area contributed by atoms with Crippen molar-refractivity contribution in [1.29, 1.82) is 0 Å². The Bertz CT molecular complexity index is 1060. The number of allylic oxidation sites excluding steroid dienone is 3. The average molecular weight is 475 g/mol. The summed E-state index contributed by atoms with van der Waals surface area (Å²) in [6.07, 6.45) is 3.49. The highest BCUT2D eigenvalue weighted by Crippen LogP contribution is 2.33. The second-order valence-corrected chi connectivity index (χ2v) is 8.15. The third-order valence-electron chi connectivity index (χ3n) is 4.50. The third kappa shape index (κ3) is 4.46. The summed E-state index contributed by atoms with van der Waals surface area (Å²) in [7, 11) is 1.59. The number of halogens is 2. The molecule has 150 valence electrons. The van der Waals surface area contributed by atoms with Crippen LogP contribution in [-0.2, 0) is 4.79 Å². The molecule has 0 bridgehead atoms. The van der Waals surface area contributed by atoms with Crippen LogP contribution in [0.15, 0.2) is 68.1 Å². The van der Waals surface area contributed by atoms with E-state index in [1.165, 1.54) is 18.0 Å². The van der Waals surface area contributed by atoms with Gasteiger partial charge in [0.05, 0.1) is 17.3 Å². The van der Waals surface area contributed by atoms with E-state index in [0.717, 1.165) is 26.1 Å². The van der Waals surface area contributed by atoms with Gasteiger partial charge in [-0.3, -0.25) is 9.52 Å². The summed E-state index contributed by atoms with van der Waals surface area (Å²) >= 11 is 4.63. The first kappa shape index (κ1) is 21.3. The maximum atomic E-state index is 14.4. The summed E-state index contributed by atoms with van der Waals surface area (Å²) in [5.74, 6) is -0.0243. The van der Waals surface area contributed by atoms with Gasteiger partial charge in [-0.05, 0) is 89.6 Å². The van der Waals surface area contributed by atoms with Gasteiger partial charge in [0.15, 0.2) is 0 Å². The fraction of sp³-hybridized carbons (Fsp3) is 0.182. The number of aliphatic imine (C=N–C) groups is 1. The highest BCUT2D eigenvalue weighted by Gasteiger charge is 2.24. The number of benzene rings is 2. The van der Waals surface area contributed by atoms with E-state index in [4.69, 9.17) is 4.74 Å². The Kier molecular flexibility index (Phi) is 6.59. The van der Waals surface area contributed by atoms with Crippen LogP contribution < -0.4 is 9.46 Å². The summed E-state index contributed by atoms with van der Waals surface area (Å²) in [6.45, 7) is 5.61. The molecule has 2 aromatic carbocycles. The van der Waals surface area contributed by atoms with E-state index in [1.54, 1.807) is 19.3 Å². The molecule has 4 nitrogen and oxygen atoms in total. The smallest absolute Gasteiger partial charge is 0.280 e. The Morgan fingerprint density at radius 3 is 2.69 bits per heavy atom. The molecule has 0 unspecified atom stereocenters. The highest BCUT2D eigenvalue weighted by atomic mass is 79.9. The molecule has 0 fully saturated rings. The SMILES string of the molecule is C/C=C1\C=C(C(=O)NSc2cc(OC)c(Br)cc2C)N=C1c1c(C)cccc1F. The van der Waals surface area contributed by atoms with Crippen molar-refractivity contribution in [2.75, 3.05) is 7.11 Å². The van der Waals surface area contributed by atoms with Crippen LogP contribution in [0.2, 0.25) is 0 Å². The number of methoxy groups -OCH3 is 1. The van der Waals surface area contributed by atoms with Crippen LogP contribution in [0.25, 0.3) is 0 Å². The lowest BCUT2D eigenvalue weighted by Gasteiger charge is -2.10. The van der Waals surface area contributed by atoms with Crippen molar-refractivity contribution in [2.45, 2.75) is 25.7 Å². The number of aryl methyl sites for hydroxylation is 2. The van der Waals surface area contributed by atoms with Crippen LogP contribution in [0.3, 0.4) is 0 Å². The van der Waals surface area contributed by atoms with Gasteiger partial charge in [-0.1, -0.05) is 18.2 Å². The zero-order valence-electron chi connectivity index (χ0n) is 16.5. The zero-order chi connectivity index (χ0) is 21.1. The van der Waals surface area contributed by atoms with Gasteiger partial charge in [0, 0.05) is 10.5 Å². The van der Waals surface area contributed by atoms with Crippen molar-refractivity contribution in [3.8, 4) is 5.75 Å². The van der Waals surface area contributed by atoms with Crippen LogP contribution >= 0.6 is 27.9 Å². The van der Waals surface area contributed by atoms with E-state index in [2.05, 4.69) is 25.6 Å². The van der Waals surface area contributed by atoms with Crippen LogP contribution in [0.1, 0.15) is 23.6 Å². The monoisotopic (exact) mass is 474 g/mol. The van der Waals surface area contributed by atoms with E-state index in [1.807, 2.05) is 45.0 Å². The molecule has 0 saturated heterocycles. The van der Waals surface area contributed by atoms with Gasteiger partial charge in [0.2, 0.25) is 0 Å². The Balaban J connectivity index is 1.83. The Morgan fingerprint density at radius 2 is 2.03 bits per heavy atom. The van der Waals surface area contributed by atoms with Crippen molar-refractivity contribution in [3.63, 3.8) is 0 Å². The van der Waals surface area contributed by atoms with Crippen LogP contribution in [0.4, 0.5) is 4.39 Å². The first-order chi connectivity index (χ1) is 13.8. The van der Waals surface area contributed by atoms with Crippen molar-refractivity contribution in [3.05, 3.63) is 80.7 Å². The van der Waals surface area contributed by atoms with Gasteiger partial charge >= 0.3 is 0 Å². The number of hydrogen-bond acceptors (Lipinski definition) is 4. The molecule has 1 aliphatic heterocycles. The number of amides is 1. The minimum atomic E-state index is -0.356. The van der Waals surface area contributed by atoms with Crippen molar-refractivity contribution >= 4 is 39.5 Å². The maximum Gasteiger partial charge on any atom is 0.280 e. The summed E-state index contributed by atoms with van der Waals surface area (Å²) in [6, 6.07) is 8.66. The average Bonchev–Trinajstić information content (AvgIpc) is 3.11. The normalized spacial score (nSPS) is 14.6. The number of rotatable bonds is 5. The van der Waals surface area contributed by atoms with Crippen molar-refractivity contribution < 1.29 is 13.9 Å². The molecule has 29 heavy (non-hydrogen) atoms. The number of carbonyl (C=O) groups excluding carboxylic acids is 1. The lowest BCUT2D eigenvalue weighted by Crippen LogP contribution is -2.16. The highest BCUT2D eigenvalue weighted by molar-refractivity contribution is 9.10. The number of hydrogen-bond donors (Lipinski definition) is 1. The quantitative estimate of drug-likeness (QED) is 0.567. The van der Waals surface area contributed by atoms with Crippen LogP contribution in [0, 0.1) is 19.7 Å². The molecule has 1 aliphatic rings. The van der Waals surface area contributed by atoms with Gasteiger partial charge in [-0.25, -0.2) is 9.38 Å². The molecule has 1 amide bonds. The molecule has 0 aromatic heterocycles. The molecule has 0 saturated carbocycles.